The van der Waals surface area contributed by atoms with Crippen molar-refractivity contribution in [1.29, 1.82) is 0 Å². The molecule has 0 fully saturated rings. The first-order valence-corrected chi connectivity index (χ1v) is 6.54. The molecule has 0 bridgehead atoms. The van der Waals surface area contributed by atoms with Gasteiger partial charge in [-0.3, -0.25) is 9.69 Å². The molecule has 21 heavy (non-hydrogen) atoms. The molecule has 0 spiro atoms. The van der Waals surface area contributed by atoms with Crippen LogP contribution < -0.4 is 0 Å². The lowest BCUT2D eigenvalue weighted by molar-refractivity contribution is -0.154. The molecule has 0 aromatic heterocycles. The Balaban J connectivity index is 4.72. The highest BCUT2D eigenvalue weighted by molar-refractivity contribution is 5.89. The van der Waals surface area contributed by atoms with Gasteiger partial charge in [0.25, 0.3) is 0 Å². The number of esters is 1. The number of hydrogen-bond acceptors (Lipinski definition) is 5. The van der Waals surface area contributed by atoms with Crippen molar-refractivity contribution in [2.45, 2.75) is 32.9 Å². The molecule has 0 saturated heterocycles. The van der Waals surface area contributed by atoms with Crippen molar-refractivity contribution in [3.05, 3.63) is 0 Å². The highest BCUT2D eigenvalue weighted by atomic mass is 16.6. The summed E-state index contributed by atoms with van der Waals surface area (Å²) in [5, 5.41) is 0. The molecule has 0 N–H and O–H groups in total. The van der Waals surface area contributed by atoms with Crippen LogP contribution in [0.1, 0.15) is 20.8 Å². The van der Waals surface area contributed by atoms with E-state index in [1.165, 1.54) is 25.9 Å². The van der Waals surface area contributed by atoms with E-state index < -0.39 is 30.1 Å². The second-order valence-electron chi connectivity index (χ2n) is 4.42. The van der Waals surface area contributed by atoms with Crippen molar-refractivity contribution in [3.63, 3.8) is 0 Å². The van der Waals surface area contributed by atoms with Gasteiger partial charge in [-0.15, -0.1) is 6.42 Å². The SMILES string of the molecule is C#CCOC(=O)N(C)C(C)C(=O)N(C)C(C)C(=O)OCC. The Morgan fingerprint density at radius 2 is 1.67 bits per heavy atom. The summed E-state index contributed by atoms with van der Waals surface area (Å²) in [6.07, 6.45) is 4.29. The van der Waals surface area contributed by atoms with Gasteiger partial charge in [0.15, 0.2) is 6.61 Å². The predicted molar refractivity (Wildman–Crippen MR) is 76.3 cm³/mol. The smallest absolute Gasteiger partial charge is 0.411 e. The van der Waals surface area contributed by atoms with Gasteiger partial charge >= 0.3 is 12.1 Å². The van der Waals surface area contributed by atoms with E-state index in [1.807, 2.05) is 0 Å². The van der Waals surface area contributed by atoms with Crippen LogP contribution in [-0.4, -0.2) is 67.2 Å². The molecule has 0 aromatic rings. The predicted octanol–water partition coefficient (Wildman–Crippen LogP) is 0.487. The number of carbonyl (C=O) groups is 3. The maximum absolute atomic E-state index is 12.2. The van der Waals surface area contributed by atoms with Crippen LogP contribution in [0.4, 0.5) is 4.79 Å². The number of amides is 2. The average Bonchev–Trinajstić information content (AvgIpc) is 2.48. The van der Waals surface area contributed by atoms with Crippen LogP contribution in [0.2, 0.25) is 0 Å². The van der Waals surface area contributed by atoms with E-state index in [-0.39, 0.29) is 13.2 Å². The summed E-state index contributed by atoms with van der Waals surface area (Å²) >= 11 is 0. The monoisotopic (exact) mass is 298 g/mol. The number of rotatable bonds is 6. The van der Waals surface area contributed by atoms with Crippen molar-refractivity contribution < 1.29 is 23.9 Å². The number of ether oxygens (including phenoxy) is 2. The fraction of sp³-hybridized carbons (Fsp3) is 0.643. The van der Waals surface area contributed by atoms with E-state index in [0.29, 0.717) is 0 Å². The highest BCUT2D eigenvalue weighted by Crippen LogP contribution is 2.07. The number of hydrogen-bond donors (Lipinski definition) is 0. The Hall–Kier alpha value is -2.23. The zero-order valence-corrected chi connectivity index (χ0v) is 13.1. The van der Waals surface area contributed by atoms with Crippen LogP contribution in [0.15, 0.2) is 0 Å². The van der Waals surface area contributed by atoms with Gasteiger partial charge in [-0.2, -0.15) is 0 Å². The number of likely N-dealkylation sites (N-methyl/N-ethyl adjacent to an activating group) is 2. The third kappa shape index (κ3) is 5.34. The number of nitrogens with zero attached hydrogens (tertiary/aromatic N) is 2. The molecule has 0 radical (unpaired) electrons. The molecule has 0 aliphatic rings. The molecule has 0 aliphatic carbocycles. The minimum Gasteiger partial charge on any atom is -0.464 e. The Morgan fingerprint density at radius 3 is 2.14 bits per heavy atom. The Bertz CT molecular complexity index is 430. The molecule has 7 heteroatoms. The van der Waals surface area contributed by atoms with Gasteiger partial charge in [0.05, 0.1) is 6.61 Å². The topological polar surface area (TPSA) is 76.2 Å². The fourth-order valence-electron chi connectivity index (χ4n) is 1.44. The normalized spacial score (nSPS) is 12.6. The lowest BCUT2D eigenvalue weighted by atomic mass is 10.2. The van der Waals surface area contributed by atoms with Gasteiger partial charge in [0.2, 0.25) is 5.91 Å². The van der Waals surface area contributed by atoms with Crippen molar-refractivity contribution in [2.24, 2.45) is 0 Å². The summed E-state index contributed by atoms with van der Waals surface area (Å²) in [5.41, 5.74) is 0. The first kappa shape index (κ1) is 18.8. The lowest BCUT2D eigenvalue weighted by Gasteiger charge is -2.30. The van der Waals surface area contributed by atoms with E-state index in [0.717, 1.165) is 4.90 Å². The Kier molecular flexibility index (Phi) is 7.91. The van der Waals surface area contributed by atoms with Gasteiger partial charge in [-0.05, 0) is 20.8 Å². The van der Waals surface area contributed by atoms with Crippen molar-refractivity contribution >= 4 is 18.0 Å². The average molecular weight is 298 g/mol. The van der Waals surface area contributed by atoms with E-state index in [9.17, 15) is 14.4 Å². The summed E-state index contributed by atoms with van der Waals surface area (Å²) < 4.78 is 9.59. The molecular weight excluding hydrogens is 276 g/mol. The van der Waals surface area contributed by atoms with E-state index in [4.69, 9.17) is 15.9 Å². The van der Waals surface area contributed by atoms with Gasteiger partial charge in [0, 0.05) is 14.1 Å². The third-order valence-electron chi connectivity index (χ3n) is 3.06. The summed E-state index contributed by atoms with van der Waals surface area (Å²) in [6, 6.07) is -1.54. The van der Waals surface area contributed by atoms with Gasteiger partial charge in [-0.25, -0.2) is 9.59 Å². The van der Waals surface area contributed by atoms with Gasteiger partial charge in [-0.1, -0.05) is 5.92 Å². The zero-order valence-electron chi connectivity index (χ0n) is 13.1. The fourth-order valence-corrected chi connectivity index (χ4v) is 1.44. The van der Waals surface area contributed by atoms with Crippen LogP contribution in [0.3, 0.4) is 0 Å². The van der Waals surface area contributed by atoms with Gasteiger partial charge in [0.1, 0.15) is 12.1 Å². The Morgan fingerprint density at radius 1 is 1.10 bits per heavy atom. The molecule has 118 valence electrons. The lowest BCUT2D eigenvalue weighted by Crippen LogP contribution is -2.51. The molecule has 0 heterocycles. The maximum atomic E-state index is 12.2. The number of terminal acetylenes is 1. The van der Waals surface area contributed by atoms with E-state index in [2.05, 4.69) is 5.92 Å². The van der Waals surface area contributed by atoms with Crippen LogP contribution in [0.5, 0.6) is 0 Å². The molecule has 2 amide bonds. The molecule has 2 atom stereocenters. The van der Waals surface area contributed by atoms with Crippen LogP contribution in [0.25, 0.3) is 0 Å². The molecule has 7 nitrogen and oxygen atoms in total. The Labute approximate surface area is 125 Å². The van der Waals surface area contributed by atoms with Crippen LogP contribution >= 0.6 is 0 Å². The summed E-state index contributed by atoms with van der Waals surface area (Å²) in [5.74, 6) is 1.26. The molecule has 2 unspecified atom stereocenters. The van der Waals surface area contributed by atoms with Crippen molar-refractivity contribution in [1.82, 2.24) is 9.80 Å². The van der Waals surface area contributed by atoms with E-state index in [1.54, 1.807) is 13.8 Å². The molecule has 0 aliphatic heterocycles. The minimum absolute atomic E-state index is 0.168. The quantitative estimate of drug-likeness (QED) is 0.527. The first-order chi connectivity index (χ1) is 9.77. The van der Waals surface area contributed by atoms with Crippen LogP contribution in [0, 0.1) is 12.3 Å². The first-order valence-electron chi connectivity index (χ1n) is 6.54. The molecule has 0 rings (SSSR count). The molecular formula is C14H22N2O5. The maximum Gasteiger partial charge on any atom is 0.411 e. The van der Waals surface area contributed by atoms with Crippen LogP contribution in [-0.2, 0) is 19.1 Å². The summed E-state index contributed by atoms with van der Waals surface area (Å²) in [7, 11) is 2.89. The molecule has 0 aromatic carbocycles. The second-order valence-corrected chi connectivity index (χ2v) is 4.42. The van der Waals surface area contributed by atoms with Gasteiger partial charge < -0.3 is 14.4 Å². The number of carbonyl (C=O) groups excluding carboxylic acids is 3. The summed E-state index contributed by atoms with van der Waals surface area (Å²) in [6.45, 7) is 4.84. The second kappa shape index (κ2) is 8.84. The molecule has 0 saturated carbocycles. The zero-order chi connectivity index (χ0) is 16.6. The standard InChI is InChI=1S/C14H22N2O5/c1-7-9-21-14(19)16(6)10(3)12(17)15(5)11(4)13(18)20-8-2/h1,10-11H,8-9H2,2-6H3. The largest absolute Gasteiger partial charge is 0.464 e. The third-order valence-corrected chi connectivity index (χ3v) is 3.06. The van der Waals surface area contributed by atoms with E-state index >= 15 is 0 Å². The minimum atomic E-state index is -0.794. The van der Waals surface area contributed by atoms with Crippen molar-refractivity contribution in [2.75, 3.05) is 27.3 Å². The summed E-state index contributed by atoms with van der Waals surface area (Å²) in [4.78, 5) is 37.8. The van der Waals surface area contributed by atoms with Crippen molar-refractivity contribution in [3.8, 4) is 12.3 Å². The highest BCUT2D eigenvalue weighted by Gasteiger charge is 2.31.